The monoisotopic (exact) mass is 310 g/mol. The SMILES string of the molecule is Cc1c(-c2ccc3c(n2)CCCN3)nnn1-c1cccnc1F. The van der Waals surface area contributed by atoms with E-state index in [1.165, 1.54) is 10.9 Å². The van der Waals surface area contributed by atoms with Crippen LogP contribution >= 0.6 is 0 Å². The zero-order valence-corrected chi connectivity index (χ0v) is 12.6. The van der Waals surface area contributed by atoms with Crippen LogP contribution in [0.1, 0.15) is 17.8 Å². The molecule has 0 radical (unpaired) electrons. The first-order valence-electron chi connectivity index (χ1n) is 7.51. The third-order valence-corrected chi connectivity index (χ3v) is 3.98. The molecule has 0 amide bonds. The summed E-state index contributed by atoms with van der Waals surface area (Å²) < 4.78 is 15.3. The Hall–Kier alpha value is -2.83. The van der Waals surface area contributed by atoms with Crippen LogP contribution in [0.2, 0.25) is 0 Å². The van der Waals surface area contributed by atoms with Gasteiger partial charge in [-0.15, -0.1) is 5.10 Å². The highest BCUT2D eigenvalue weighted by atomic mass is 19.1. The smallest absolute Gasteiger partial charge is 0.238 e. The number of rotatable bonds is 2. The van der Waals surface area contributed by atoms with Gasteiger partial charge in [0.05, 0.1) is 22.8 Å². The van der Waals surface area contributed by atoms with Crippen LogP contribution in [0, 0.1) is 12.9 Å². The van der Waals surface area contributed by atoms with Crippen LogP contribution in [-0.4, -0.2) is 31.5 Å². The Kier molecular flexibility index (Phi) is 3.25. The van der Waals surface area contributed by atoms with Crippen molar-refractivity contribution in [1.82, 2.24) is 25.0 Å². The molecule has 23 heavy (non-hydrogen) atoms. The molecule has 1 N–H and O–H groups in total. The van der Waals surface area contributed by atoms with Crippen molar-refractivity contribution in [1.29, 1.82) is 0 Å². The predicted octanol–water partition coefficient (Wildman–Crippen LogP) is 2.53. The van der Waals surface area contributed by atoms with Crippen molar-refractivity contribution in [3.63, 3.8) is 0 Å². The molecule has 0 spiro atoms. The Morgan fingerprint density at radius 1 is 1.26 bits per heavy atom. The van der Waals surface area contributed by atoms with Gasteiger partial charge in [0.2, 0.25) is 5.95 Å². The number of anilines is 1. The molecule has 0 unspecified atom stereocenters. The van der Waals surface area contributed by atoms with Crippen molar-refractivity contribution < 1.29 is 4.39 Å². The standard InChI is InChI=1S/C16H15FN6/c1-10-15(13-7-6-11-12(20-13)4-2-8-18-11)21-22-23(10)14-5-3-9-19-16(14)17/h3,5-7,9,18H,2,4,8H2,1H3. The Bertz CT molecular complexity index is 873. The first-order valence-corrected chi connectivity index (χ1v) is 7.51. The molecule has 4 heterocycles. The lowest BCUT2D eigenvalue weighted by Gasteiger charge is -2.17. The van der Waals surface area contributed by atoms with Crippen LogP contribution in [0.25, 0.3) is 17.1 Å². The van der Waals surface area contributed by atoms with Crippen molar-refractivity contribution in [3.8, 4) is 17.1 Å². The van der Waals surface area contributed by atoms with Gasteiger partial charge < -0.3 is 5.32 Å². The van der Waals surface area contributed by atoms with Crippen LogP contribution in [-0.2, 0) is 6.42 Å². The van der Waals surface area contributed by atoms with Crippen molar-refractivity contribution >= 4 is 5.69 Å². The Balaban J connectivity index is 1.78. The molecule has 6 nitrogen and oxygen atoms in total. The maximum Gasteiger partial charge on any atom is 0.238 e. The molecular formula is C16H15FN6. The fraction of sp³-hybridized carbons (Fsp3) is 0.250. The molecule has 0 bridgehead atoms. The van der Waals surface area contributed by atoms with Crippen LogP contribution in [0.4, 0.5) is 10.1 Å². The van der Waals surface area contributed by atoms with Gasteiger partial charge in [-0.3, -0.25) is 0 Å². The Morgan fingerprint density at radius 2 is 2.17 bits per heavy atom. The van der Waals surface area contributed by atoms with Gasteiger partial charge in [-0.2, -0.15) is 4.39 Å². The number of fused-ring (bicyclic) bond motifs is 1. The minimum absolute atomic E-state index is 0.281. The highest BCUT2D eigenvalue weighted by Crippen LogP contribution is 2.26. The molecule has 1 aliphatic rings. The number of nitrogens with one attached hydrogen (secondary N) is 1. The van der Waals surface area contributed by atoms with Gasteiger partial charge in [-0.1, -0.05) is 5.21 Å². The molecule has 0 saturated heterocycles. The second kappa shape index (κ2) is 5.42. The van der Waals surface area contributed by atoms with Gasteiger partial charge in [0.25, 0.3) is 0 Å². The zero-order valence-electron chi connectivity index (χ0n) is 12.6. The van der Waals surface area contributed by atoms with Gasteiger partial charge in [0.1, 0.15) is 11.4 Å². The van der Waals surface area contributed by atoms with E-state index in [4.69, 9.17) is 0 Å². The molecule has 1 aliphatic heterocycles. The molecule has 116 valence electrons. The van der Waals surface area contributed by atoms with E-state index in [2.05, 4.69) is 25.6 Å². The lowest BCUT2D eigenvalue weighted by atomic mass is 10.1. The molecule has 0 aliphatic carbocycles. The number of hydrogen-bond donors (Lipinski definition) is 1. The Labute approximate surface area is 132 Å². The third kappa shape index (κ3) is 2.34. The van der Waals surface area contributed by atoms with E-state index in [9.17, 15) is 4.39 Å². The van der Waals surface area contributed by atoms with E-state index in [-0.39, 0.29) is 5.69 Å². The maximum absolute atomic E-state index is 13.9. The van der Waals surface area contributed by atoms with E-state index >= 15 is 0 Å². The van der Waals surface area contributed by atoms with Crippen molar-refractivity contribution in [2.45, 2.75) is 19.8 Å². The first kappa shape index (κ1) is 13.8. The Morgan fingerprint density at radius 3 is 3.04 bits per heavy atom. The summed E-state index contributed by atoms with van der Waals surface area (Å²) in [5.74, 6) is -0.574. The van der Waals surface area contributed by atoms with Gasteiger partial charge in [-0.25, -0.2) is 14.6 Å². The molecule has 7 heteroatoms. The van der Waals surface area contributed by atoms with Crippen LogP contribution in [0.15, 0.2) is 30.5 Å². The van der Waals surface area contributed by atoms with Gasteiger partial charge in [0, 0.05) is 12.7 Å². The molecule has 0 saturated carbocycles. The molecule has 0 aromatic carbocycles. The van der Waals surface area contributed by atoms with E-state index < -0.39 is 5.95 Å². The summed E-state index contributed by atoms with van der Waals surface area (Å²) in [6.45, 7) is 2.82. The number of nitrogens with zero attached hydrogens (tertiary/aromatic N) is 5. The normalized spacial score (nSPS) is 13.5. The summed E-state index contributed by atoms with van der Waals surface area (Å²) in [5, 5.41) is 11.6. The van der Waals surface area contributed by atoms with Gasteiger partial charge in [-0.05, 0) is 44.0 Å². The van der Waals surface area contributed by atoms with E-state index in [0.29, 0.717) is 5.69 Å². The lowest BCUT2D eigenvalue weighted by Crippen LogP contribution is -2.13. The average molecular weight is 310 g/mol. The molecular weight excluding hydrogens is 295 g/mol. The van der Waals surface area contributed by atoms with Crippen LogP contribution in [0.5, 0.6) is 0 Å². The molecule has 4 rings (SSSR count). The van der Waals surface area contributed by atoms with Crippen LogP contribution < -0.4 is 5.32 Å². The number of halogens is 1. The highest BCUT2D eigenvalue weighted by Gasteiger charge is 2.18. The van der Waals surface area contributed by atoms with E-state index in [1.54, 1.807) is 12.1 Å². The summed E-state index contributed by atoms with van der Waals surface area (Å²) in [6, 6.07) is 7.22. The first-order chi connectivity index (χ1) is 11.2. The summed E-state index contributed by atoms with van der Waals surface area (Å²) in [6.07, 6.45) is 3.42. The minimum atomic E-state index is -0.574. The molecule has 0 fully saturated rings. The topological polar surface area (TPSA) is 68.5 Å². The third-order valence-electron chi connectivity index (χ3n) is 3.98. The molecule has 3 aromatic heterocycles. The maximum atomic E-state index is 13.9. The summed E-state index contributed by atoms with van der Waals surface area (Å²) >= 11 is 0. The van der Waals surface area contributed by atoms with Crippen molar-refractivity contribution in [2.75, 3.05) is 11.9 Å². The van der Waals surface area contributed by atoms with Gasteiger partial charge >= 0.3 is 0 Å². The van der Waals surface area contributed by atoms with Crippen LogP contribution in [0.3, 0.4) is 0 Å². The highest BCUT2D eigenvalue weighted by molar-refractivity contribution is 5.62. The largest absolute Gasteiger partial charge is 0.384 e. The summed E-state index contributed by atoms with van der Waals surface area (Å²) in [5.41, 5.74) is 4.53. The number of hydrogen-bond acceptors (Lipinski definition) is 5. The van der Waals surface area contributed by atoms with Crippen molar-refractivity contribution in [2.24, 2.45) is 0 Å². The predicted molar refractivity (Wildman–Crippen MR) is 83.9 cm³/mol. The van der Waals surface area contributed by atoms with E-state index in [0.717, 1.165) is 42.2 Å². The molecule has 3 aromatic rings. The fourth-order valence-corrected chi connectivity index (χ4v) is 2.79. The number of aryl methyl sites for hydroxylation is 1. The summed E-state index contributed by atoms with van der Waals surface area (Å²) in [4.78, 5) is 8.34. The van der Waals surface area contributed by atoms with E-state index in [1.807, 2.05) is 19.1 Å². The minimum Gasteiger partial charge on any atom is -0.384 e. The van der Waals surface area contributed by atoms with Crippen molar-refractivity contribution in [3.05, 3.63) is 47.8 Å². The average Bonchev–Trinajstić information content (AvgIpc) is 2.96. The quantitative estimate of drug-likeness (QED) is 0.737. The molecule has 0 atom stereocenters. The number of aromatic nitrogens is 5. The summed E-state index contributed by atoms with van der Waals surface area (Å²) in [7, 11) is 0. The zero-order chi connectivity index (χ0) is 15.8. The van der Waals surface area contributed by atoms with Gasteiger partial charge in [0.15, 0.2) is 0 Å². The second-order valence-corrected chi connectivity index (χ2v) is 5.47. The fourth-order valence-electron chi connectivity index (χ4n) is 2.79. The lowest BCUT2D eigenvalue weighted by molar-refractivity contribution is 0.564. The number of pyridine rings is 2. The second-order valence-electron chi connectivity index (χ2n) is 5.47.